The molecule has 4 unspecified atom stereocenters. The SMILES string of the molecule is C1CNC(C2CC2)CN(C2CC3CCC2C3)C1. The molecule has 0 aromatic carbocycles. The van der Waals surface area contributed by atoms with Crippen molar-refractivity contribution in [2.75, 3.05) is 19.6 Å². The maximum atomic E-state index is 3.80. The molecule has 0 amide bonds. The third kappa shape index (κ3) is 2.04. The van der Waals surface area contributed by atoms with E-state index in [2.05, 4.69) is 10.2 Å². The van der Waals surface area contributed by atoms with Crippen molar-refractivity contribution in [2.45, 2.75) is 57.0 Å². The fourth-order valence-electron chi connectivity index (χ4n) is 4.75. The summed E-state index contributed by atoms with van der Waals surface area (Å²) < 4.78 is 0. The van der Waals surface area contributed by atoms with E-state index in [0.29, 0.717) is 0 Å². The van der Waals surface area contributed by atoms with Crippen LogP contribution in [0.25, 0.3) is 0 Å². The second-order valence-electron chi connectivity index (χ2n) is 6.99. The molecule has 4 fully saturated rings. The van der Waals surface area contributed by atoms with E-state index in [0.717, 1.165) is 29.8 Å². The lowest BCUT2D eigenvalue weighted by Crippen LogP contribution is -2.45. The Kier molecular flexibility index (Phi) is 2.69. The van der Waals surface area contributed by atoms with E-state index in [9.17, 15) is 0 Å². The number of fused-ring (bicyclic) bond motifs is 2. The van der Waals surface area contributed by atoms with Crippen molar-refractivity contribution in [3.05, 3.63) is 0 Å². The molecule has 4 aliphatic rings. The maximum Gasteiger partial charge on any atom is 0.0223 e. The van der Waals surface area contributed by atoms with Gasteiger partial charge in [0.1, 0.15) is 0 Å². The van der Waals surface area contributed by atoms with Crippen LogP contribution in [0.4, 0.5) is 0 Å². The summed E-state index contributed by atoms with van der Waals surface area (Å²) in [5.41, 5.74) is 0. The number of hydrogen-bond acceptors (Lipinski definition) is 2. The van der Waals surface area contributed by atoms with Crippen LogP contribution in [-0.4, -0.2) is 36.6 Å². The van der Waals surface area contributed by atoms with E-state index in [-0.39, 0.29) is 0 Å². The summed E-state index contributed by atoms with van der Waals surface area (Å²) >= 11 is 0. The third-order valence-electron chi connectivity index (χ3n) is 5.82. The zero-order valence-electron chi connectivity index (χ0n) is 10.9. The summed E-state index contributed by atoms with van der Waals surface area (Å²) in [6.45, 7) is 3.99. The molecule has 0 radical (unpaired) electrons. The highest BCUT2D eigenvalue weighted by atomic mass is 15.2. The van der Waals surface area contributed by atoms with E-state index >= 15 is 0 Å². The first-order valence-electron chi connectivity index (χ1n) is 7.87. The van der Waals surface area contributed by atoms with Crippen molar-refractivity contribution in [1.82, 2.24) is 10.2 Å². The van der Waals surface area contributed by atoms with Crippen molar-refractivity contribution in [1.29, 1.82) is 0 Å². The van der Waals surface area contributed by atoms with Crippen LogP contribution in [0.3, 0.4) is 0 Å². The summed E-state index contributed by atoms with van der Waals surface area (Å²) in [6, 6.07) is 1.80. The molecule has 4 atom stereocenters. The molecule has 0 aromatic rings. The number of nitrogens with zero attached hydrogens (tertiary/aromatic N) is 1. The quantitative estimate of drug-likeness (QED) is 0.788. The molecular formula is C15H26N2. The molecule has 3 saturated carbocycles. The highest BCUT2D eigenvalue weighted by molar-refractivity contribution is 4.98. The minimum absolute atomic E-state index is 0.830. The highest BCUT2D eigenvalue weighted by Crippen LogP contribution is 2.47. The Hall–Kier alpha value is -0.0800. The fraction of sp³-hybridized carbons (Fsp3) is 1.00. The molecule has 1 saturated heterocycles. The number of nitrogens with one attached hydrogen (secondary N) is 1. The molecule has 1 aliphatic heterocycles. The van der Waals surface area contributed by atoms with Gasteiger partial charge in [0.2, 0.25) is 0 Å². The zero-order chi connectivity index (χ0) is 11.2. The zero-order valence-corrected chi connectivity index (χ0v) is 10.9. The summed E-state index contributed by atoms with van der Waals surface area (Å²) in [5, 5.41) is 3.80. The lowest BCUT2D eigenvalue weighted by Gasteiger charge is -2.35. The largest absolute Gasteiger partial charge is 0.312 e. The average Bonchev–Trinajstić information content (AvgIpc) is 3.05. The van der Waals surface area contributed by atoms with Crippen LogP contribution in [0.1, 0.15) is 44.9 Å². The monoisotopic (exact) mass is 234 g/mol. The van der Waals surface area contributed by atoms with Crippen LogP contribution in [0, 0.1) is 17.8 Å². The summed E-state index contributed by atoms with van der Waals surface area (Å²) in [4.78, 5) is 2.88. The fourth-order valence-corrected chi connectivity index (χ4v) is 4.75. The molecule has 17 heavy (non-hydrogen) atoms. The van der Waals surface area contributed by atoms with Crippen LogP contribution >= 0.6 is 0 Å². The van der Waals surface area contributed by atoms with Gasteiger partial charge in [-0.1, -0.05) is 6.42 Å². The third-order valence-corrected chi connectivity index (χ3v) is 5.82. The molecule has 0 spiro atoms. The van der Waals surface area contributed by atoms with Gasteiger partial charge in [-0.05, 0) is 69.4 Å². The molecule has 2 heteroatoms. The molecule has 96 valence electrons. The standard InChI is InChI=1S/C15H26N2/c1-6-16-14(12-4-5-12)10-17(7-1)15-9-11-2-3-13(15)8-11/h11-16H,1-10H2. The first-order valence-corrected chi connectivity index (χ1v) is 7.87. The molecular weight excluding hydrogens is 208 g/mol. The molecule has 1 heterocycles. The average molecular weight is 234 g/mol. The van der Waals surface area contributed by atoms with Crippen LogP contribution < -0.4 is 5.32 Å². The van der Waals surface area contributed by atoms with Gasteiger partial charge in [-0.2, -0.15) is 0 Å². The summed E-state index contributed by atoms with van der Waals surface area (Å²) in [7, 11) is 0. The first-order chi connectivity index (χ1) is 8.40. The molecule has 2 nitrogen and oxygen atoms in total. The van der Waals surface area contributed by atoms with Crippen molar-refractivity contribution in [2.24, 2.45) is 17.8 Å². The van der Waals surface area contributed by atoms with Gasteiger partial charge in [-0.3, -0.25) is 4.90 Å². The second-order valence-corrected chi connectivity index (χ2v) is 6.99. The van der Waals surface area contributed by atoms with Gasteiger partial charge in [0.25, 0.3) is 0 Å². The van der Waals surface area contributed by atoms with E-state index in [1.807, 2.05) is 0 Å². The normalized spacial score (nSPS) is 47.3. The lowest BCUT2D eigenvalue weighted by atomic mass is 9.93. The Morgan fingerprint density at radius 2 is 1.82 bits per heavy atom. The van der Waals surface area contributed by atoms with E-state index in [1.165, 1.54) is 51.7 Å². The highest BCUT2D eigenvalue weighted by Gasteiger charge is 2.43. The molecule has 3 aliphatic carbocycles. The predicted octanol–water partition coefficient (Wildman–Crippen LogP) is 2.25. The van der Waals surface area contributed by atoms with Gasteiger partial charge >= 0.3 is 0 Å². The Morgan fingerprint density at radius 3 is 2.53 bits per heavy atom. The van der Waals surface area contributed by atoms with Crippen molar-refractivity contribution in [3.63, 3.8) is 0 Å². The minimum Gasteiger partial charge on any atom is -0.312 e. The van der Waals surface area contributed by atoms with Crippen LogP contribution in [0.2, 0.25) is 0 Å². The topological polar surface area (TPSA) is 15.3 Å². The summed E-state index contributed by atoms with van der Waals surface area (Å²) in [6.07, 6.45) is 10.5. The predicted molar refractivity (Wildman–Crippen MR) is 69.9 cm³/mol. The molecule has 4 rings (SSSR count). The van der Waals surface area contributed by atoms with E-state index in [1.54, 1.807) is 12.8 Å². The first kappa shape index (κ1) is 10.8. The van der Waals surface area contributed by atoms with Gasteiger partial charge in [0.05, 0.1) is 0 Å². The smallest absolute Gasteiger partial charge is 0.0223 e. The van der Waals surface area contributed by atoms with Crippen LogP contribution in [-0.2, 0) is 0 Å². The molecule has 0 aromatic heterocycles. The molecule has 2 bridgehead atoms. The Labute approximate surface area is 105 Å². The van der Waals surface area contributed by atoms with Gasteiger partial charge in [0, 0.05) is 18.6 Å². The van der Waals surface area contributed by atoms with E-state index < -0.39 is 0 Å². The van der Waals surface area contributed by atoms with Crippen LogP contribution in [0.5, 0.6) is 0 Å². The van der Waals surface area contributed by atoms with Gasteiger partial charge in [-0.25, -0.2) is 0 Å². The van der Waals surface area contributed by atoms with Gasteiger partial charge < -0.3 is 5.32 Å². The lowest BCUT2D eigenvalue weighted by molar-refractivity contribution is 0.137. The Morgan fingerprint density at radius 1 is 0.941 bits per heavy atom. The second kappa shape index (κ2) is 4.24. The number of rotatable bonds is 2. The number of hydrogen-bond donors (Lipinski definition) is 1. The van der Waals surface area contributed by atoms with Crippen LogP contribution in [0.15, 0.2) is 0 Å². The van der Waals surface area contributed by atoms with Crippen molar-refractivity contribution in [3.8, 4) is 0 Å². The Balaban J connectivity index is 1.44. The van der Waals surface area contributed by atoms with E-state index in [4.69, 9.17) is 0 Å². The van der Waals surface area contributed by atoms with Gasteiger partial charge in [0.15, 0.2) is 0 Å². The van der Waals surface area contributed by atoms with Crippen molar-refractivity contribution >= 4 is 0 Å². The molecule has 1 N–H and O–H groups in total. The Bertz CT molecular complexity index is 287. The minimum atomic E-state index is 0.830. The van der Waals surface area contributed by atoms with Crippen molar-refractivity contribution < 1.29 is 0 Å². The maximum absolute atomic E-state index is 3.80. The van der Waals surface area contributed by atoms with Gasteiger partial charge in [-0.15, -0.1) is 0 Å². The summed E-state index contributed by atoms with van der Waals surface area (Å²) in [5.74, 6) is 3.19.